The molecule has 0 unspecified atom stereocenters. The molecule has 0 atom stereocenters. The number of benzene rings is 2. The maximum Gasteiger partial charge on any atom is 0.419 e. The number of halogens is 3. The van der Waals surface area contributed by atoms with Crippen molar-refractivity contribution < 1.29 is 31.1 Å². The highest BCUT2D eigenvalue weighted by molar-refractivity contribution is 7.89. The first-order valence-electron chi connectivity index (χ1n) is 10.4. The number of hydrogen-bond donors (Lipinski definition) is 0. The zero-order valence-corrected chi connectivity index (χ0v) is 18.1. The number of piperidine rings is 1. The Morgan fingerprint density at radius 2 is 1.72 bits per heavy atom. The second-order valence-electron chi connectivity index (χ2n) is 7.83. The second-order valence-corrected chi connectivity index (χ2v) is 9.77. The average Bonchev–Trinajstić information content (AvgIpc) is 3.21. The van der Waals surface area contributed by atoms with Crippen LogP contribution in [-0.2, 0) is 27.4 Å². The molecule has 1 amide bonds. The first-order chi connectivity index (χ1) is 15.2. The second kappa shape index (κ2) is 8.74. The fraction of sp³-hybridized carbons (Fsp3) is 0.409. The highest BCUT2D eigenvalue weighted by Crippen LogP contribution is 2.36. The molecule has 10 heteroatoms. The topological polar surface area (TPSA) is 66.9 Å². The fourth-order valence-corrected chi connectivity index (χ4v) is 5.66. The lowest BCUT2D eigenvalue weighted by Gasteiger charge is -2.26. The van der Waals surface area contributed by atoms with Gasteiger partial charge in [-0.2, -0.15) is 17.5 Å². The van der Waals surface area contributed by atoms with Gasteiger partial charge in [0.2, 0.25) is 10.0 Å². The van der Waals surface area contributed by atoms with E-state index in [2.05, 4.69) is 0 Å². The predicted molar refractivity (Wildman–Crippen MR) is 112 cm³/mol. The SMILES string of the molecule is O=C(COc1ccccc1C(F)(F)F)N1CCc2cc(S(=O)(=O)N3CCCCC3)ccc21. The van der Waals surface area contributed by atoms with Crippen molar-refractivity contribution in [2.45, 2.75) is 36.8 Å². The van der Waals surface area contributed by atoms with Gasteiger partial charge in [-0.15, -0.1) is 0 Å². The molecule has 0 spiro atoms. The van der Waals surface area contributed by atoms with E-state index in [1.54, 1.807) is 12.1 Å². The van der Waals surface area contributed by atoms with Crippen molar-refractivity contribution in [2.24, 2.45) is 0 Å². The number of ether oxygens (including phenoxy) is 1. The molecule has 2 aliphatic rings. The first kappa shape index (κ1) is 22.6. The Morgan fingerprint density at radius 1 is 1.00 bits per heavy atom. The van der Waals surface area contributed by atoms with E-state index in [1.165, 1.54) is 33.5 Å². The highest BCUT2D eigenvalue weighted by Gasteiger charge is 2.35. The van der Waals surface area contributed by atoms with Gasteiger partial charge in [0.05, 0.1) is 10.5 Å². The van der Waals surface area contributed by atoms with Gasteiger partial charge in [-0.3, -0.25) is 4.79 Å². The molecule has 0 saturated carbocycles. The van der Waals surface area contributed by atoms with Crippen molar-refractivity contribution in [1.82, 2.24) is 4.31 Å². The van der Waals surface area contributed by atoms with Crippen molar-refractivity contribution in [3.8, 4) is 5.75 Å². The van der Waals surface area contributed by atoms with Crippen molar-refractivity contribution in [2.75, 3.05) is 31.1 Å². The van der Waals surface area contributed by atoms with Crippen LogP contribution in [0, 0.1) is 0 Å². The summed E-state index contributed by atoms with van der Waals surface area (Å²) in [7, 11) is -3.59. The number of alkyl halides is 3. The number of nitrogens with zero attached hydrogens (tertiary/aromatic N) is 2. The van der Waals surface area contributed by atoms with Crippen molar-refractivity contribution in [3.63, 3.8) is 0 Å². The van der Waals surface area contributed by atoms with Crippen LogP contribution in [0.4, 0.5) is 18.9 Å². The molecule has 2 aliphatic heterocycles. The number of fused-ring (bicyclic) bond motifs is 1. The van der Waals surface area contributed by atoms with E-state index in [1.807, 2.05) is 0 Å². The summed E-state index contributed by atoms with van der Waals surface area (Å²) >= 11 is 0. The van der Waals surface area contributed by atoms with Crippen LogP contribution in [0.15, 0.2) is 47.4 Å². The maximum atomic E-state index is 13.1. The summed E-state index contributed by atoms with van der Waals surface area (Å²) < 4.78 is 71.8. The van der Waals surface area contributed by atoms with E-state index in [4.69, 9.17) is 4.74 Å². The van der Waals surface area contributed by atoms with Gasteiger partial charge in [0.25, 0.3) is 5.91 Å². The Hall–Kier alpha value is -2.59. The Bertz CT molecular complexity index is 1110. The predicted octanol–water partition coefficient (Wildman–Crippen LogP) is 3.85. The third-order valence-electron chi connectivity index (χ3n) is 5.74. The smallest absolute Gasteiger partial charge is 0.419 e. The van der Waals surface area contributed by atoms with Gasteiger partial charge >= 0.3 is 6.18 Å². The number of hydrogen-bond acceptors (Lipinski definition) is 4. The summed E-state index contributed by atoms with van der Waals surface area (Å²) in [5, 5.41) is 0. The molecule has 4 rings (SSSR count). The van der Waals surface area contributed by atoms with Crippen LogP contribution >= 0.6 is 0 Å². The Labute approximate surface area is 184 Å². The molecule has 0 radical (unpaired) electrons. The third kappa shape index (κ3) is 4.47. The lowest BCUT2D eigenvalue weighted by atomic mass is 10.2. The molecular formula is C22H23F3N2O4S. The van der Waals surface area contributed by atoms with E-state index in [0.717, 1.165) is 25.3 Å². The molecule has 1 fully saturated rings. The standard InChI is InChI=1S/C22H23F3N2O4S/c23-22(24,25)18-6-2-3-7-20(18)31-15-21(28)27-13-10-16-14-17(8-9-19(16)27)32(29,30)26-11-4-1-5-12-26/h2-3,6-9,14H,1,4-5,10-13,15H2. The van der Waals surface area contributed by atoms with Gasteiger partial charge in [-0.25, -0.2) is 8.42 Å². The largest absolute Gasteiger partial charge is 0.483 e. The highest BCUT2D eigenvalue weighted by atomic mass is 32.2. The summed E-state index contributed by atoms with van der Waals surface area (Å²) in [5.41, 5.74) is 0.328. The monoisotopic (exact) mass is 468 g/mol. The molecule has 2 heterocycles. The van der Waals surface area contributed by atoms with Crippen LogP contribution < -0.4 is 9.64 Å². The molecular weight excluding hydrogens is 445 g/mol. The maximum absolute atomic E-state index is 13.1. The minimum Gasteiger partial charge on any atom is -0.483 e. The van der Waals surface area contributed by atoms with Crippen LogP contribution in [0.5, 0.6) is 5.75 Å². The minimum atomic E-state index is -4.59. The van der Waals surface area contributed by atoms with E-state index in [0.29, 0.717) is 37.3 Å². The van der Waals surface area contributed by atoms with E-state index in [-0.39, 0.29) is 4.90 Å². The van der Waals surface area contributed by atoms with Gasteiger partial charge < -0.3 is 9.64 Å². The van der Waals surface area contributed by atoms with Gasteiger partial charge in [0, 0.05) is 25.3 Å². The number of sulfonamides is 1. The molecule has 32 heavy (non-hydrogen) atoms. The van der Waals surface area contributed by atoms with Crippen LogP contribution in [0.25, 0.3) is 0 Å². The quantitative estimate of drug-likeness (QED) is 0.669. The zero-order chi connectivity index (χ0) is 22.9. The lowest BCUT2D eigenvalue weighted by molar-refractivity contribution is -0.139. The number of anilines is 1. The minimum absolute atomic E-state index is 0.197. The molecule has 0 N–H and O–H groups in total. The first-order valence-corrected chi connectivity index (χ1v) is 11.8. The fourth-order valence-electron chi connectivity index (χ4n) is 4.10. The molecule has 0 bridgehead atoms. The number of para-hydroxylation sites is 1. The molecule has 0 aliphatic carbocycles. The molecule has 2 aromatic carbocycles. The van der Waals surface area contributed by atoms with Gasteiger partial charge in [0.15, 0.2) is 6.61 Å². The molecule has 2 aromatic rings. The number of rotatable bonds is 5. The van der Waals surface area contributed by atoms with E-state index >= 15 is 0 Å². The van der Waals surface area contributed by atoms with Crippen molar-refractivity contribution in [3.05, 3.63) is 53.6 Å². The Kier molecular flexibility index (Phi) is 6.17. The lowest BCUT2D eigenvalue weighted by Crippen LogP contribution is -2.35. The number of carbonyl (C=O) groups excluding carboxylic acids is 1. The van der Waals surface area contributed by atoms with Crippen LogP contribution in [0.1, 0.15) is 30.4 Å². The van der Waals surface area contributed by atoms with Crippen LogP contribution in [-0.4, -0.2) is 44.9 Å². The number of carbonyl (C=O) groups is 1. The summed E-state index contributed by atoms with van der Waals surface area (Å²) in [6.07, 6.45) is -1.43. The van der Waals surface area contributed by atoms with Crippen molar-refractivity contribution >= 4 is 21.6 Å². The van der Waals surface area contributed by atoms with Crippen LogP contribution in [0.3, 0.4) is 0 Å². The van der Waals surface area contributed by atoms with E-state index < -0.39 is 40.0 Å². The third-order valence-corrected chi connectivity index (χ3v) is 7.64. The molecule has 0 aromatic heterocycles. The Morgan fingerprint density at radius 3 is 2.44 bits per heavy atom. The van der Waals surface area contributed by atoms with Gasteiger partial charge in [-0.05, 0) is 55.2 Å². The van der Waals surface area contributed by atoms with E-state index in [9.17, 15) is 26.4 Å². The van der Waals surface area contributed by atoms with Gasteiger partial charge in [-0.1, -0.05) is 18.6 Å². The summed E-state index contributed by atoms with van der Waals surface area (Å²) in [4.78, 5) is 14.3. The average molecular weight is 468 g/mol. The summed E-state index contributed by atoms with van der Waals surface area (Å²) in [5.74, 6) is -0.900. The van der Waals surface area contributed by atoms with Crippen LogP contribution in [0.2, 0.25) is 0 Å². The molecule has 6 nitrogen and oxygen atoms in total. The summed E-state index contributed by atoms with van der Waals surface area (Å²) in [6.45, 7) is 0.757. The Balaban J connectivity index is 1.48. The zero-order valence-electron chi connectivity index (χ0n) is 17.3. The molecule has 172 valence electrons. The number of amides is 1. The summed E-state index contributed by atoms with van der Waals surface area (Å²) in [6, 6.07) is 9.39. The van der Waals surface area contributed by atoms with Gasteiger partial charge in [0.1, 0.15) is 5.75 Å². The normalized spacial score (nSPS) is 17.3. The van der Waals surface area contributed by atoms with Crippen molar-refractivity contribution in [1.29, 1.82) is 0 Å². The molecule has 1 saturated heterocycles.